The number of piperidine rings is 1. The van der Waals surface area contributed by atoms with Crippen molar-refractivity contribution in [3.05, 3.63) is 65.7 Å². The van der Waals surface area contributed by atoms with Crippen molar-refractivity contribution in [2.24, 2.45) is 5.73 Å². The van der Waals surface area contributed by atoms with E-state index in [1.165, 1.54) is 0 Å². The van der Waals surface area contributed by atoms with Crippen LogP contribution >= 0.6 is 0 Å². The molecule has 0 radical (unpaired) electrons. The quantitative estimate of drug-likeness (QED) is 0.722. The van der Waals surface area contributed by atoms with Crippen LogP contribution in [0.1, 0.15) is 40.0 Å². The second-order valence-electron chi connectivity index (χ2n) is 6.87. The highest BCUT2D eigenvalue weighted by molar-refractivity contribution is 6.09. The van der Waals surface area contributed by atoms with E-state index in [9.17, 15) is 9.59 Å². The van der Waals surface area contributed by atoms with Gasteiger partial charge in [0.1, 0.15) is 0 Å². The van der Waals surface area contributed by atoms with Crippen molar-refractivity contribution in [3.8, 4) is 0 Å². The van der Waals surface area contributed by atoms with Crippen LogP contribution in [0.3, 0.4) is 0 Å². The van der Waals surface area contributed by atoms with E-state index in [1.807, 2.05) is 35.2 Å². The van der Waals surface area contributed by atoms with E-state index in [-0.39, 0.29) is 17.9 Å². The summed E-state index contributed by atoms with van der Waals surface area (Å²) < 4.78 is 5.81. The van der Waals surface area contributed by atoms with Crippen molar-refractivity contribution in [1.82, 2.24) is 4.90 Å². The number of amides is 2. The number of carbonyl (C=O) groups is 2. The fourth-order valence-electron chi connectivity index (χ4n) is 3.29. The number of hydrogen-bond donors (Lipinski definition) is 2. The molecule has 0 spiro atoms. The van der Waals surface area contributed by atoms with Crippen LogP contribution in [-0.2, 0) is 4.74 Å². The maximum atomic E-state index is 13.0. The molecule has 2 amide bonds. The third-order valence-electron chi connectivity index (χ3n) is 4.87. The van der Waals surface area contributed by atoms with Gasteiger partial charge in [0.2, 0.25) is 0 Å². The average molecular weight is 381 g/mol. The minimum absolute atomic E-state index is 0.0654. The molecular weight excluding hydrogens is 354 g/mol. The van der Waals surface area contributed by atoms with E-state index in [1.54, 1.807) is 24.3 Å². The SMILES string of the molecule is NCCCOC1CCN(C(=O)c2ccccc2NC(=O)c2ccccc2)CC1. The molecule has 2 aromatic carbocycles. The summed E-state index contributed by atoms with van der Waals surface area (Å²) in [6.45, 7) is 2.59. The predicted molar refractivity (Wildman–Crippen MR) is 109 cm³/mol. The van der Waals surface area contributed by atoms with Crippen LogP contribution in [0, 0.1) is 0 Å². The molecule has 6 nitrogen and oxygen atoms in total. The summed E-state index contributed by atoms with van der Waals surface area (Å²) in [5, 5.41) is 2.87. The Balaban J connectivity index is 1.63. The molecule has 1 aliphatic heterocycles. The molecule has 0 atom stereocenters. The van der Waals surface area contributed by atoms with E-state index in [0.717, 1.165) is 19.3 Å². The maximum absolute atomic E-state index is 13.0. The number of nitrogens with two attached hydrogens (primary N) is 1. The van der Waals surface area contributed by atoms with E-state index in [4.69, 9.17) is 10.5 Å². The summed E-state index contributed by atoms with van der Waals surface area (Å²) >= 11 is 0. The third kappa shape index (κ3) is 5.18. The van der Waals surface area contributed by atoms with Gasteiger partial charge in [-0.2, -0.15) is 0 Å². The molecule has 0 aromatic heterocycles. The number of rotatable bonds is 7. The largest absolute Gasteiger partial charge is 0.378 e. The smallest absolute Gasteiger partial charge is 0.255 e. The third-order valence-corrected chi connectivity index (χ3v) is 4.87. The summed E-state index contributed by atoms with van der Waals surface area (Å²) in [6.07, 6.45) is 2.67. The highest BCUT2D eigenvalue weighted by atomic mass is 16.5. The molecule has 1 heterocycles. The van der Waals surface area contributed by atoms with Crippen LogP contribution < -0.4 is 11.1 Å². The first-order valence-corrected chi connectivity index (χ1v) is 9.75. The zero-order chi connectivity index (χ0) is 19.8. The Morgan fingerprint density at radius 2 is 1.71 bits per heavy atom. The van der Waals surface area contributed by atoms with Gasteiger partial charge in [0.05, 0.1) is 17.4 Å². The standard InChI is InChI=1S/C22H27N3O3/c23-13-6-16-28-18-11-14-25(15-12-18)22(27)19-9-4-5-10-20(19)24-21(26)17-7-2-1-3-8-17/h1-5,7-10,18H,6,11-16,23H2,(H,24,26). The van der Waals surface area contributed by atoms with Crippen molar-refractivity contribution >= 4 is 17.5 Å². The Morgan fingerprint density at radius 1 is 1.04 bits per heavy atom. The predicted octanol–water partition coefficient (Wildman–Crippen LogP) is 2.91. The summed E-state index contributed by atoms with van der Waals surface area (Å²) in [5.74, 6) is -0.294. The molecule has 0 saturated carbocycles. The molecule has 1 saturated heterocycles. The van der Waals surface area contributed by atoms with E-state index in [2.05, 4.69) is 5.32 Å². The Kier molecular flexibility index (Phi) is 7.17. The molecule has 148 valence electrons. The normalized spacial score (nSPS) is 14.7. The lowest BCUT2D eigenvalue weighted by atomic mass is 10.1. The first kappa shape index (κ1) is 20.0. The lowest BCUT2D eigenvalue weighted by Gasteiger charge is -2.32. The van der Waals surface area contributed by atoms with Crippen LogP contribution in [0.5, 0.6) is 0 Å². The number of para-hydroxylation sites is 1. The minimum atomic E-state index is -0.229. The number of benzene rings is 2. The number of anilines is 1. The van der Waals surface area contributed by atoms with Crippen LogP contribution in [0.4, 0.5) is 5.69 Å². The Bertz CT molecular complexity index is 787. The fourth-order valence-corrected chi connectivity index (χ4v) is 3.29. The van der Waals surface area contributed by atoms with Crippen LogP contribution in [0.2, 0.25) is 0 Å². The van der Waals surface area contributed by atoms with E-state index in [0.29, 0.717) is 43.1 Å². The zero-order valence-electron chi connectivity index (χ0n) is 16.0. The first-order chi connectivity index (χ1) is 13.7. The van der Waals surface area contributed by atoms with Crippen LogP contribution in [-0.4, -0.2) is 49.1 Å². The van der Waals surface area contributed by atoms with Gasteiger partial charge in [-0.25, -0.2) is 0 Å². The molecule has 1 fully saturated rings. The zero-order valence-corrected chi connectivity index (χ0v) is 16.0. The topological polar surface area (TPSA) is 84.7 Å². The average Bonchev–Trinajstić information content (AvgIpc) is 2.75. The van der Waals surface area contributed by atoms with Gasteiger partial charge in [-0.3, -0.25) is 9.59 Å². The van der Waals surface area contributed by atoms with Crippen molar-refractivity contribution in [2.75, 3.05) is 31.6 Å². The second-order valence-corrected chi connectivity index (χ2v) is 6.87. The lowest BCUT2D eigenvalue weighted by molar-refractivity contribution is 0.00847. The number of hydrogen-bond acceptors (Lipinski definition) is 4. The molecule has 3 rings (SSSR count). The lowest BCUT2D eigenvalue weighted by Crippen LogP contribution is -2.41. The Hall–Kier alpha value is -2.70. The number of nitrogens with zero attached hydrogens (tertiary/aromatic N) is 1. The summed E-state index contributed by atoms with van der Waals surface area (Å²) in [6, 6.07) is 16.1. The van der Waals surface area contributed by atoms with Gasteiger partial charge in [-0.1, -0.05) is 30.3 Å². The van der Waals surface area contributed by atoms with Crippen LogP contribution in [0.15, 0.2) is 54.6 Å². The highest BCUT2D eigenvalue weighted by Crippen LogP contribution is 2.22. The Labute approximate surface area is 165 Å². The summed E-state index contributed by atoms with van der Waals surface area (Å²) in [7, 11) is 0. The molecule has 2 aromatic rings. The molecule has 0 aliphatic carbocycles. The van der Waals surface area contributed by atoms with Gasteiger partial charge in [0, 0.05) is 25.3 Å². The van der Waals surface area contributed by atoms with Crippen molar-refractivity contribution in [2.45, 2.75) is 25.4 Å². The highest BCUT2D eigenvalue weighted by Gasteiger charge is 2.25. The number of likely N-dealkylation sites (tertiary alicyclic amines) is 1. The molecular formula is C22H27N3O3. The van der Waals surface area contributed by atoms with Gasteiger partial charge in [0.15, 0.2) is 0 Å². The summed E-state index contributed by atoms with van der Waals surface area (Å²) in [4.78, 5) is 27.3. The van der Waals surface area contributed by atoms with Crippen LogP contribution in [0.25, 0.3) is 0 Å². The Morgan fingerprint density at radius 3 is 2.43 bits per heavy atom. The van der Waals surface area contributed by atoms with Crippen molar-refractivity contribution in [1.29, 1.82) is 0 Å². The minimum Gasteiger partial charge on any atom is -0.378 e. The fraction of sp³-hybridized carbons (Fsp3) is 0.364. The van der Waals surface area contributed by atoms with Gasteiger partial charge < -0.3 is 20.7 Å². The molecule has 28 heavy (non-hydrogen) atoms. The van der Waals surface area contributed by atoms with Gasteiger partial charge in [-0.15, -0.1) is 0 Å². The molecule has 3 N–H and O–H groups in total. The molecule has 0 bridgehead atoms. The van der Waals surface area contributed by atoms with E-state index < -0.39 is 0 Å². The van der Waals surface area contributed by atoms with Gasteiger partial charge >= 0.3 is 0 Å². The monoisotopic (exact) mass is 381 g/mol. The first-order valence-electron chi connectivity index (χ1n) is 9.75. The van der Waals surface area contributed by atoms with Gasteiger partial charge in [0.25, 0.3) is 11.8 Å². The number of carbonyl (C=O) groups excluding carboxylic acids is 2. The van der Waals surface area contributed by atoms with E-state index >= 15 is 0 Å². The molecule has 1 aliphatic rings. The maximum Gasteiger partial charge on any atom is 0.255 e. The number of ether oxygens (including phenoxy) is 1. The molecule has 6 heteroatoms. The van der Waals surface area contributed by atoms with Crippen molar-refractivity contribution in [3.63, 3.8) is 0 Å². The van der Waals surface area contributed by atoms with Gasteiger partial charge in [-0.05, 0) is 50.1 Å². The second kappa shape index (κ2) is 10.0. The van der Waals surface area contributed by atoms with Crippen molar-refractivity contribution < 1.29 is 14.3 Å². The summed E-state index contributed by atoms with van der Waals surface area (Å²) in [5.41, 5.74) is 7.09. The molecule has 0 unspecified atom stereocenters. The number of nitrogens with one attached hydrogen (secondary N) is 1.